The second kappa shape index (κ2) is 6.93. The number of ketones is 1. The molecule has 0 radical (unpaired) electrons. The highest BCUT2D eigenvalue weighted by Crippen LogP contribution is 2.43. The van der Waals surface area contributed by atoms with Crippen molar-refractivity contribution >= 4 is 45.3 Å². The molecule has 1 atom stereocenters. The number of carbonyl (C=O) groups is 2. The van der Waals surface area contributed by atoms with Gasteiger partial charge in [-0.3, -0.25) is 14.5 Å². The van der Waals surface area contributed by atoms with E-state index in [-0.39, 0.29) is 11.3 Å². The zero-order valence-corrected chi connectivity index (χ0v) is 15.7. The van der Waals surface area contributed by atoms with E-state index in [0.29, 0.717) is 16.4 Å². The molecule has 1 N–H and O–H groups in total. The third-order valence-corrected chi connectivity index (χ3v) is 5.61. The smallest absolute Gasteiger partial charge is 0.301 e. The summed E-state index contributed by atoms with van der Waals surface area (Å²) in [6, 6.07) is 7.68. The summed E-state index contributed by atoms with van der Waals surface area (Å²) in [5.74, 6) is -1.11. The minimum Gasteiger partial charge on any atom is -0.507 e. The van der Waals surface area contributed by atoms with Gasteiger partial charge in [-0.1, -0.05) is 11.3 Å². The fourth-order valence-electron chi connectivity index (χ4n) is 2.95. The number of Topliss-reactive ketones (excluding diaryl/α,β-unsaturated/α-hetero) is 1. The predicted molar refractivity (Wildman–Crippen MR) is 102 cm³/mol. The number of amides is 1. The van der Waals surface area contributed by atoms with Crippen LogP contribution in [0, 0.1) is 0 Å². The lowest BCUT2D eigenvalue weighted by Crippen LogP contribution is -2.29. The van der Waals surface area contributed by atoms with Crippen molar-refractivity contribution in [2.45, 2.75) is 6.04 Å². The van der Waals surface area contributed by atoms with Gasteiger partial charge in [0.05, 0.1) is 18.7 Å². The van der Waals surface area contributed by atoms with Gasteiger partial charge in [-0.2, -0.15) is 11.3 Å². The molecule has 0 aliphatic carbocycles. The fourth-order valence-corrected chi connectivity index (χ4v) is 4.22. The Morgan fingerprint density at radius 1 is 1.22 bits per heavy atom. The molecule has 3 aromatic rings. The summed E-state index contributed by atoms with van der Waals surface area (Å²) in [4.78, 5) is 26.8. The normalized spacial score (nSPS) is 18.9. The van der Waals surface area contributed by atoms with Crippen LogP contribution < -0.4 is 9.64 Å². The summed E-state index contributed by atoms with van der Waals surface area (Å²) in [7, 11) is 1.54. The molecule has 1 unspecified atom stereocenters. The van der Waals surface area contributed by atoms with Crippen LogP contribution in [0.3, 0.4) is 0 Å². The number of nitrogens with zero attached hydrogens (tertiary/aromatic N) is 3. The molecule has 27 heavy (non-hydrogen) atoms. The molecule has 0 bridgehead atoms. The Bertz CT molecular complexity index is 1010. The summed E-state index contributed by atoms with van der Waals surface area (Å²) >= 11 is 2.59. The van der Waals surface area contributed by atoms with Crippen LogP contribution in [0.5, 0.6) is 5.75 Å². The highest BCUT2D eigenvalue weighted by molar-refractivity contribution is 7.13. The topological polar surface area (TPSA) is 92.6 Å². The lowest BCUT2D eigenvalue weighted by Gasteiger charge is -2.21. The van der Waals surface area contributed by atoms with Gasteiger partial charge in [-0.25, -0.2) is 0 Å². The average molecular weight is 399 g/mol. The number of methoxy groups -OCH3 is 1. The molecule has 7 nitrogen and oxygen atoms in total. The molecule has 1 aliphatic rings. The molecule has 0 spiro atoms. The Labute approximate surface area is 162 Å². The van der Waals surface area contributed by atoms with Crippen LogP contribution in [0.2, 0.25) is 0 Å². The number of carbonyl (C=O) groups excluding carboxylic acids is 2. The Hall–Kier alpha value is -3.04. The zero-order valence-electron chi connectivity index (χ0n) is 14.0. The zero-order chi connectivity index (χ0) is 19.0. The van der Waals surface area contributed by atoms with Crippen molar-refractivity contribution in [2.24, 2.45) is 0 Å². The maximum Gasteiger partial charge on any atom is 0.301 e. The first-order chi connectivity index (χ1) is 13.1. The number of thiophene rings is 1. The molecular weight excluding hydrogens is 386 g/mol. The minimum atomic E-state index is -0.758. The number of hydrogen-bond acceptors (Lipinski definition) is 8. The number of hydrogen-bond donors (Lipinski definition) is 1. The Kier molecular flexibility index (Phi) is 4.46. The van der Waals surface area contributed by atoms with E-state index >= 15 is 0 Å². The minimum absolute atomic E-state index is 0.0266. The van der Waals surface area contributed by atoms with E-state index in [1.807, 2.05) is 16.8 Å². The third-order valence-electron chi connectivity index (χ3n) is 4.22. The second-order valence-corrected chi connectivity index (χ2v) is 7.27. The number of aliphatic hydroxyl groups excluding tert-OH is 1. The molecule has 0 saturated carbocycles. The van der Waals surface area contributed by atoms with Crippen molar-refractivity contribution in [1.82, 2.24) is 10.2 Å². The monoisotopic (exact) mass is 399 g/mol. The SMILES string of the molecule is COc1ccc(/C(O)=C2\C(=O)C(=O)N(c3nncs3)C2c2ccsc2)cc1. The van der Waals surface area contributed by atoms with Gasteiger partial charge in [0.2, 0.25) is 5.13 Å². The van der Waals surface area contributed by atoms with Crippen LogP contribution >= 0.6 is 22.7 Å². The van der Waals surface area contributed by atoms with Crippen LogP contribution in [0.15, 0.2) is 52.2 Å². The van der Waals surface area contributed by atoms with Crippen LogP contribution in [-0.2, 0) is 9.59 Å². The molecule has 3 heterocycles. The summed E-state index contributed by atoms with van der Waals surface area (Å²) in [6.07, 6.45) is 0. The number of rotatable bonds is 4. The Morgan fingerprint density at radius 3 is 2.59 bits per heavy atom. The van der Waals surface area contributed by atoms with Gasteiger partial charge < -0.3 is 9.84 Å². The number of ether oxygens (including phenoxy) is 1. The molecule has 1 aliphatic heterocycles. The second-order valence-electron chi connectivity index (χ2n) is 5.68. The van der Waals surface area contributed by atoms with E-state index in [0.717, 1.165) is 16.9 Å². The average Bonchev–Trinajstić information content (AvgIpc) is 3.43. The fraction of sp³-hybridized carbons (Fsp3) is 0.111. The first-order valence-electron chi connectivity index (χ1n) is 7.85. The van der Waals surface area contributed by atoms with Crippen molar-refractivity contribution < 1.29 is 19.4 Å². The van der Waals surface area contributed by atoms with E-state index in [4.69, 9.17) is 4.74 Å². The van der Waals surface area contributed by atoms with Crippen LogP contribution in [0.25, 0.3) is 5.76 Å². The number of anilines is 1. The van der Waals surface area contributed by atoms with Crippen LogP contribution in [0.1, 0.15) is 17.2 Å². The Morgan fingerprint density at radius 2 is 2.00 bits per heavy atom. The molecule has 9 heteroatoms. The highest BCUT2D eigenvalue weighted by atomic mass is 32.1. The van der Waals surface area contributed by atoms with Crippen molar-refractivity contribution in [2.75, 3.05) is 12.0 Å². The lowest BCUT2D eigenvalue weighted by atomic mass is 9.97. The van der Waals surface area contributed by atoms with Gasteiger partial charge >= 0.3 is 5.91 Å². The van der Waals surface area contributed by atoms with Gasteiger partial charge in [0.15, 0.2) is 0 Å². The molecule has 1 fully saturated rings. The first-order valence-corrected chi connectivity index (χ1v) is 9.67. The van der Waals surface area contributed by atoms with E-state index in [1.165, 1.54) is 21.7 Å². The quantitative estimate of drug-likeness (QED) is 0.411. The van der Waals surface area contributed by atoms with E-state index in [2.05, 4.69) is 10.2 Å². The van der Waals surface area contributed by atoms with Gasteiger partial charge in [-0.05, 0) is 46.7 Å². The van der Waals surface area contributed by atoms with E-state index < -0.39 is 17.7 Å². The maximum absolute atomic E-state index is 12.8. The number of aromatic nitrogens is 2. The van der Waals surface area contributed by atoms with Gasteiger partial charge in [0.25, 0.3) is 5.78 Å². The van der Waals surface area contributed by atoms with Gasteiger partial charge in [-0.15, -0.1) is 10.2 Å². The Balaban J connectivity index is 1.88. The third kappa shape index (κ3) is 2.90. The van der Waals surface area contributed by atoms with Crippen LogP contribution in [-0.4, -0.2) is 34.1 Å². The summed E-state index contributed by atoms with van der Waals surface area (Å²) in [6.45, 7) is 0. The summed E-state index contributed by atoms with van der Waals surface area (Å²) in [5, 5.41) is 22.6. The van der Waals surface area contributed by atoms with Crippen molar-refractivity contribution in [3.63, 3.8) is 0 Å². The predicted octanol–water partition coefficient (Wildman–Crippen LogP) is 3.23. The van der Waals surface area contributed by atoms with E-state index in [1.54, 1.807) is 31.4 Å². The highest BCUT2D eigenvalue weighted by Gasteiger charge is 2.48. The van der Waals surface area contributed by atoms with Crippen molar-refractivity contribution in [3.8, 4) is 5.75 Å². The first kappa shape index (κ1) is 17.4. The van der Waals surface area contributed by atoms with Crippen molar-refractivity contribution in [3.05, 3.63) is 63.3 Å². The summed E-state index contributed by atoms with van der Waals surface area (Å²) < 4.78 is 5.12. The van der Waals surface area contributed by atoms with Gasteiger partial charge in [0, 0.05) is 5.56 Å². The van der Waals surface area contributed by atoms with Crippen molar-refractivity contribution in [1.29, 1.82) is 0 Å². The number of benzene rings is 1. The maximum atomic E-state index is 12.8. The van der Waals surface area contributed by atoms with Crippen LogP contribution in [0.4, 0.5) is 5.13 Å². The van der Waals surface area contributed by atoms with E-state index in [9.17, 15) is 14.7 Å². The molecular formula is C18H13N3O4S2. The molecule has 1 amide bonds. The molecule has 4 rings (SSSR count). The molecule has 1 saturated heterocycles. The molecule has 136 valence electrons. The lowest BCUT2D eigenvalue weighted by molar-refractivity contribution is -0.132. The standard InChI is InChI=1S/C18H13N3O4S2/c1-25-12-4-2-10(3-5-12)15(22)13-14(11-6-7-26-8-11)21(17(24)16(13)23)18-20-19-9-27-18/h2-9,14,22H,1H3/b15-13+. The molecule has 1 aromatic carbocycles. The summed E-state index contributed by atoms with van der Waals surface area (Å²) in [5.41, 5.74) is 2.66. The number of aliphatic hydroxyl groups is 1. The molecule has 2 aromatic heterocycles. The largest absolute Gasteiger partial charge is 0.507 e. The van der Waals surface area contributed by atoms with Gasteiger partial charge in [0.1, 0.15) is 17.0 Å².